The molecule has 0 radical (unpaired) electrons. The van der Waals surface area contributed by atoms with E-state index in [4.69, 9.17) is 0 Å². The van der Waals surface area contributed by atoms with E-state index in [1.807, 2.05) is 41.5 Å². The van der Waals surface area contributed by atoms with Crippen LogP contribution in [-0.4, -0.2) is 14.1 Å². The largest absolute Gasteiger partial charge is 0.333 e. The molecule has 0 atom stereocenters. The molecule has 0 unspecified atom stereocenters. The summed E-state index contributed by atoms with van der Waals surface area (Å²) in [6.45, 7) is 12.0. The molecule has 0 aliphatic rings. The standard InChI is InChI=1S/3C2H6.2CH5N.CH4/c5*1-2;/h3*1-2H3;2*2H2,1H3;1H4. The van der Waals surface area contributed by atoms with Crippen molar-refractivity contribution in [3.8, 4) is 0 Å². The second-order valence-electron chi connectivity index (χ2n) is 0. The van der Waals surface area contributed by atoms with Crippen LogP contribution in [-0.2, 0) is 0 Å². The van der Waals surface area contributed by atoms with Crippen molar-refractivity contribution in [1.82, 2.24) is 0 Å². The zero-order valence-electron chi connectivity index (χ0n) is 9.15. The lowest BCUT2D eigenvalue weighted by atomic mass is 11.0. The molecular formula is C9H32N2. The van der Waals surface area contributed by atoms with E-state index >= 15 is 0 Å². The minimum Gasteiger partial charge on any atom is -0.333 e. The van der Waals surface area contributed by atoms with Crippen molar-refractivity contribution in [3.05, 3.63) is 0 Å². The molecule has 2 nitrogen and oxygen atoms in total. The first kappa shape index (κ1) is 44.4. The third-order valence-electron chi connectivity index (χ3n) is 0. The van der Waals surface area contributed by atoms with Crippen LogP contribution in [0.25, 0.3) is 0 Å². The molecule has 0 heterocycles. The minimum atomic E-state index is 0. The quantitative estimate of drug-likeness (QED) is 0.584. The van der Waals surface area contributed by atoms with Gasteiger partial charge < -0.3 is 11.5 Å². The van der Waals surface area contributed by atoms with Crippen LogP contribution in [0.1, 0.15) is 49.0 Å². The lowest BCUT2D eigenvalue weighted by Gasteiger charge is -1.19. The summed E-state index contributed by atoms with van der Waals surface area (Å²) in [5.41, 5.74) is 9.00. The molecule has 0 saturated heterocycles. The summed E-state index contributed by atoms with van der Waals surface area (Å²) in [4.78, 5) is 0. The lowest BCUT2D eigenvalue weighted by Crippen LogP contribution is -1.69. The van der Waals surface area contributed by atoms with Crippen LogP contribution in [0.2, 0.25) is 0 Å². The maximum Gasteiger partial charge on any atom is -0.0195 e. The van der Waals surface area contributed by atoms with E-state index in [0.717, 1.165) is 0 Å². The van der Waals surface area contributed by atoms with Crippen molar-refractivity contribution < 1.29 is 0 Å². The molecule has 0 amide bonds. The van der Waals surface area contributed by atoms with E-state index in [0.29, 0.717) is 0 Å². The highest BCUT2D eigenvalue weighted by Crippen LogP contribution is 1.15. The van der Waals surface area contributed by atoms with Crippen molar-refractivity contribution in [3.63, 3.8) is 0 Å². The summed E-state index contributed by atoms with van der Waals surface area (Å²) in [7, 11) is 3.00. The summed E-state index contributed by atoms with van der Waals surface area (Å²) in [5.74, 6) is 0. The van der Waals surface area contributed by atoms with Crippen LogP contribution in [0, 0.1) is 0 Å². The van der Waals surface area contributed by atoms with Gasteiger partial charge in [-0.1, -0.05) is 49.0 Å². The Morgan fingerprint density at radius 2 is 0.455 bits per heavy atom. The van der Waals surface area contributed by atoms with Crippen molar-refractivity contribution in [2.45, 2.75) is 49.0 Å². The maximum absolute atomic E-state index is 4.50. The number of hydrogen-bond acceptors (Lipinski definition) is 2. The first-order chi connectivity index (χ1) is 5.00. The van der Waals surface area contributed by atoms with Crippen LogP contribution in [0.4, 0.5) is 0 Å². The van der Waals surface area contributed by atoms with Gasteiger partial charge in [0.2, 0.25) is 0 Å². The Hall–Kier alpha value is -0.0800. The van der Waals surface area contributed by atoms with Crippen LogP contribution in [0.5, 0.6) is 0 Å². The zero-order chi connectivity index (χ0) is 10.0. The van der Waals surface area contributed by atoms with Crippen molar-refractivity contribution in [2.75, 3.05) is 14.1 Å². The Bertz CT molecular complexity index is 7.52. The predicted octanol–water partition coefficient (Wildman–Crippen LogP) is 2.86. The number of rotatable bonds is 0. The molecule has 0 fully saturated rings. The summed E-state index contributed by atoms with van der Waals surface area (Å²) < 4.78 is 0. The van der Waals surface area contributed by atoms with Gasteiger partial charge in [0.25, 0.3) is 0 Å². The van der Waals surface area contributed by atoms with Crippen molar-refractivity contribution in [1.29, 1.82) is 0 Å². The van der Waals surface area contributed by atoms with Gasteiger partial charge in [-0.25, -0.2) is 0 Å². The Morgan fingerprint density at radius 3 is 0.455 bits per heavy atom. The zero-order valence-corrected chi connectivity index (χ0v) is 9.15. The Morgan fingerprint density at radius 1 is 0.455 bits per heavy atom. The average Bonchev–Trinajstić information content (AvgIpc) is 2.20. The number of hydrogen-bond donors (Lipinski definition) is 2. The summed E-state index contributed by atoms with van der Waals surface area (Å²) >= 11 is 0. The highest BCUT2D eigenvalue weighted by molar-refractivity contribution is 3.54. The molecule has 0 rings (SSSR count). The minimum absolute atomic E-state index is 0. The highest BCUT2D eigenvalue weighted by atomic mass is 14.4. The van der Waals surface area contributed by atoms with E-state index in [1.54, 1.807) is 0 Å². The molecule has 78 valence electrons. The summed E-state index contributed by atoms with van der Waals surface area (Å²) in [5, 5.41) is 0. The normalized spacial score (nSPS) is 2.73. The molecule has 0 aromatic carbocycles. The van der Waals surface area contributed by atoms with E-state index in [-0.39, 0.29) is 7.43 Å². The monoisotopic (exact) mass is 168 g/mol. The molecule has 0 aliphatic carbocycles. The van der Waals surface area contributed by atoms with Crippen molar-refractivity contribution in [2.24, 2.45) is 11.5 Å². The Labute approximate surface area is 75.4 Å². The second-order valence-corrected chi connectivity index (χ2v) is 0. The molecule has 0 aromatic rings. The molecule has 2 heteroatoms. The third kappa shape index (κ3) is 97200. The van der Waals surface area contributed by atoms with Gasteiger partial charge in [0.05, 0.1) is 0 Å². The summed E-state index contributed by atoms with van der Waals surface area (Å²) in [6, 6.07) is 0. The Kier molecular flexibility index (Phi) is 498000. The van der Waals surface area contributed by atoms with Gasteiger partial charge in [-0.2, -0.15) is 0 Å². The van der Waals surface area contributed by atoms with Crippen LogP contribution in [0.3, 0.4) is 0 Å². The van der Waals surface area contributed by atoms with Gasteiger partial charge in [0.1, 0.15) is 0 Å². The van der Waals surface area contributed by atoms with E-state index in [1.165, 1.54) is 14.1 Å². The van der Waals surface area contributed by atoms with Gasteiger partial charge in [0, 0.05) is 0 Å². The lowest BCUT2D eigenvalue weighted by molar-refractivity contribution is 1.48. The van der Waals surface area contributed by atoms with E-state index < -0.39 is 0 Å². The molecule has 0 bridgehead atoms. The fourth-order valence-corrected chi connectivity index (χ4v) is 0. The SMILES string of the molecule is C.CC.CC.CC.CN.CN. The van der Waals surface area contributed by atoms with Crippen LogP contribution < -0.4 is 11.5 Å². The Balaban J connectivity index is -0.00000000694. The molecule has 0 aliphatic heterocycles. The molecule has 0 spiro atoms. The predicted molar refractivity (Wildman–Crippen MR) is 61.0 cm³/mol. The van der Waals surface area contributed by atoms with Crippen LogP contribution in [0.15, 0.2) is 0 Å². The fraction of sp³-hybridized carbons (Fsp3) is 1.00. The molecule has 0 saturated carbocycles. The van der Waals surface area contributed by atoms with Gasteiger partial charge in [-0.15, -0.1) is 0 Å². The second kappa shape index (κ2) is 123000. The molecular weight excluding hydrogens is 136 g/mol. The van der Waals surface area contributed by atoms with Crippen LogP contribution >= 0.6 is 0 Å². The average molecular weight is 168 g/mol. The smallest absolute Gasteiger partial charge is 0.0195 e. The van der Waals surface area contributed by atoms with Gasteiger partial charge in [-0.05, 0) is 14.1 Å². The van der Waals surface area contributed by atoms with Gasteiger partial charge in [0.15, 0.2) is 0 Å². The first-order valence-corrected chi connectivity index (χ1v) is 4.15. The van der Waals surface area contributed by atoms with E-state index in [9.17, 15) is 0 Å². The molecule has 0 aromatic heterocycles. The van der Waals surface area contributed by atoms with Crippen molar-refractivity contribution >= 4 is 0 Å². The van der Waals surface area contributed by atoms with Gasteiger partial charge >= 0.3 is 0 Å². The maximum atomic E-state index is 4.50. The third-order valence-corrected chi connectivity index (χ3v) is 0. The van der Waals surface area contributed by atoms with Gasteiger partial charge in [-0.3, -0.25) is 0 Å². The number of nitrogens with two attached hydrogens (primary N) is 2. The molecule has 4 N–H and O–H groups in total. The van der Waals surface area contributed by atoms with E-state index in [2.05, 4.69) is 11.5 Å². The molecule has 11 heavy (non-hydrogen) atoms. The first-order valence-electron chi connectivity index (χ1n) is 4.15. The topological polar surface area (TPSA) is 52.0 Å². The highest BCUT2D eigenvalue weighted by Gasteiger charge is 0.936. The summed E-state index contributed by atoms with van der Waals surface area (Å²) in [6.07, 6.45) is 0. The fourth-order valence-electron chi connectivity index (χ4n) is 0.